The Labute approximate surface area is 89.7 Å². The molecular formula is C12H17FN2. The Morgan fingerprint density at radius 3 is 3.00 bits per heavy atom. The molecule has 0 amide bonds. The maximum absolute atomic E-state index is 13.2. The molecule has 1 aliphatic rings. The Kier molecular flexibility index (Phi) is 3.21. The van der Waals surface area contributed by atoms with Crippen LogP contribution >= 0.6 is 0 Å². The predicted molar refractivity (Wildman–Crippen MR) is 60.1 cm³/mol. The zero-order valence-electron chi connectivity index (χ0n) is 8.80. The molecule has 15 heavy (non-hydrogen) atoms. The minimum absolute atomic E-state index is 0.237. The Balaban J connectivity index is 2.00. The average Bonchev–Trinajstić information content (AvgIpc) is 2.25. The number of piperidine rings is 1. The van der Waals surface area contributed by atoms with Crippen LogP contribution in [-0.4, -0.2) is 13.1 Å². The molecule has 0 spiro atoms. The topological polar surface area (TPSA) is 38.0 Å². The molecule has 1 fully saturated rings. The van der Waals surface area contributed by atoms with E-state index >= 15 is 0 Å². The molecule has 1 heterocycles. The van der Waals surface area contributed by atoms with Crippen LogP contribution in [0.4, 0.5) is 10.1 Å². The first-order chi connectivity index (χ1) is 7.25. The maximum atomic E-state index is 13.2. The van der Waals surface area contributed by atoms with Crippen LogP contribution in [0.2, 0.25) is 0 Å². The molecule has 0 aromatic heterocycles. The summed E-state index contributed by atoms with van der Waals surface area (Å²) in [5.74, 6) is 0.345. The van der Waals surface area contributed by atoms with Gasteiger partial charge in [0.25, 0.3) is 0 Å². The third-order valence-corrected chi connectivity index (χ3v) is 2.99. The van der Waals surface area contributed by atoms with Gasteiger partial charge in [-0.05, 0) is 56.0 Å². The van der Waals surface area contributed by atoms with Crippen LogP contribution in [-0.2, 0) is 6.42 Å². The van der Waals surface area contributed by atoms with E-state index in [1.807, 2.05) is 6.07 Å². The monoisotopic (exact) mass is 208 g/mol. The van der Waals surface area contributed by atoms with Gasteiger partial charge in [-0.1, -0.05) is 6.07 Å². The van der Waals surface area contributed by atoms with Crippen molar-refractivity contribution in [2.75, 3.05) is 18.8 Å². The van der Waals surface area contributed by atoms with Crippen molar-refractivity contribution in [3.8, 4) is 0 Å². The summed E-state index contributed by atoms with van der Waals surface area (Å²) in [5.41, 5.74) is 6.72. The molecule has 1 atom stereocenters. The number of nitrogen functional groups attached to an aromatic ring is 1. The first-order valence-corrected chi connectivity index (χ1v) is 5.50. The van der Waals surface area contributed by atoms with E-state index in [4.69, 9.17) is 5.73 Å². The Hall–Kier alpha value is -1.09. The summed E-state index contributed by atoms with van der Waals surface area (Å²) in [5, 5.41) is 3.36. The number of halogens is 1. The number of rotatable bonds is 2. The summed E-state index contributed by atoms with van der Waals surface area (Å²) in [6, 6.07) is 5.14. The maximum Gasteiger partial charge on any atom is 0.146 e. The van der Waals surface area contributed by atoms with E-state index in [1.54, 1.807) is 12.1 Å². The van der Waals surface area contributed by atoms with Gasteiger partial charge in [-0.2, -0.15) is 0 Å². The van der Waals surface area contributed by atoms with Gasteiger partial charge in [-0.25, -0.2) is 4.39 Å². The summed E-state index contributed by atoms with van der Waals surface area (Å²) in [4.78, 5) is 0. The highest BCUT2D eigenvalue weighted by Gasteiger charge is 2.13. The minimum Gasteiger partial charge on any atom is -0.396 e. The van der Waals surface area contributed by atoms with Gasteiger partial charge in [-0.3, -0.25) is 0 Å². The molecule has 1 unspecified atom stereocenters. The molecule has 0 saturated carbocycles. The van der Waals surface area contributed by atoms with Crippen molar-refractivity contribution in [1.29, 1.82) is 0 Å². The number of hydrogen-bond acceptors (Lipinski definition) is 2. The zero-order valence-corrected chi connectivity index (χ0v) is 8.80. The molecule has 0 aliphatic carbocycles. The fraction of sp³-hybridized carbons (Fsp3) is 0.500. The van der Waals surface area contributed by atoms with Crippen molar-refractivity contribution in [2.24, 2.45) is 5.92 Å². The molecule has 1 saturated heterocycles. The van der Waals surface area contributed by atoms with Crippen molar-refractivity contribution in [3.63, 3.8) is 0 Å². The molecule has 2 rings (SSSR count). The van der Waals surface area contributed by atoms with Crippen molar-refractivity contribution < 1.29 is 4.39 Å². The molecule has 1 aromatic carbocycles. The van der Waals surface area contributed by atoms with Gasteiger partial charge in [0.2, 0.25) is 0 Å². The fourth-order valence-electron chi connectivity index (χ4n) is 2.13. The van der Waals surface area contributed by atoms with E-state index in [9.17, 15) is 4.39 Å². The minimum atomic E-state index is -0.295. The van der Waals surface area contributed by atoms with Crippen molar-refractivity contribution in [3.05, 3.63) is 29.6 Å². The van der Waals surface area contributed by atoms with Gasteiger partial charge in [0, 0.05) is 0 Å². The number of nitrogens with one attached hydrogen (secondary N) is 1. The SMILES string of the molecule is Nc1ccc(CC2CCCNC2)cc1F. The van der Waals surface area contributed by atoms with Crippen molar-refractivity contribution in [1.82, 2.24) is 5.32 Å². The largest absolute Gasteiger partial charge is 0.396 e. The van der Waals surface area contributed by atoms with E-state index in [-0.39, 0.29) is 11.5 Å². The van der Waals surface area contributed by atoms with Crippen molar-refractivity contribution in [2.45, 2.75) is 19.3 Å². The first-order valence-electron chi connectivity index (χ1n) is 5.50. The smallest absolute Gasteiger partial charge is 0.146 e. The summed E-state index contributed by atoms with van der Waals surface area (Å²) in [7, 11) is 0. The van der Waals surface area contributed by atoms with Crippen LogP contribution in [0.3, 0.4) is 0 Å². The highest BCUT2D eigenvalue weighted by Crippen LogP contribution is 2.19. The second-order valence-electron chi connectivity index (χ2n) is 4.27. The highest BCUT2D eigenvalue weighted by molar-refractivity contribution is 5.41. The summed E-state index contributed by atoms with van der Waals surface area (Å²) >= 11 is 0. The van der Waals surface area contributed by atoms with Gasteiger partial charge in [-0.15, -0.1) is 0 Å². The summed E-state index contributed by atoms with van der Waals surface area (Å²) in [6.45, 7) is 2.17. The predicted octanol–water partition coefficient (Wildman–Crippen LogP) is 1.95. The number of hydrogen-bond donors (Lipinski definition) is 2. The van der Waals surface area contributed by atoms with Crippen LogP contribution < -0.4 is 11.1 Å². The fourth-order valence-corrected chi connectivity index (χ4v) is 2.13. The zero-order chi connectivity index (χ0) is 10.7. The first kappa shape index (κ1) is 10.4. The highest BCUT2D eigenvalue weighted by atomic mass is 19.1. The third kappa shape index (κ3) is 2.69. The van der Waals surface area contributed by atoms with E-state index in [1.165, 1.54) is 12.8 Å². The summed E-state index contributed by atoms with van der Waals surface area (Å²) < 4.78 is 13.2. The molecule has 3 N–H and O–H groups in total. The normalized spacial score (nSPS) is 21.5. The lowest BCUT2D eigenvalue weighted by Crippen LogP contribution is -2.30. The van der Waals surface area contributed by atoms with Crippen LogP contribution in [0.5, 0.6) is 0 Å². The molecular weight excluding hydrogens is 191 g/mol. The Morgan fingerprint density at radius 1 is 1.47 bits per heavy atom. The Morgan fingerprint density at radius 2 is 2.33 bits per heavy atom. The lowest BCUT2D eigenvalue weighted by molar-refractivity contribution is 0.375. The van der Waals surface area contributed by atoms with Gasteiger partial charge in [0.1, 0.15) is 5.82 Å². The summed E-state index contributed by atoms with van der Waals surface area (Å²) in [6.07, 6.45) is 3.41. The van der Waals surface area contributed by atoms with E-state index in [0.29, 0.717) is 5.92 Å². The van der Waals surface area contributed by atoms with Gasteiger partial charge in [0.15, 0.2) is 0 Å². The second-order valence-corrected chi connectivity index (χ2v) is 4.27. The van der Waals surface area contributed by atoms with E-state index < -0.39 is 0 Å². The molecule has 1 aliphatic heterocycles. The van der Waals surface area contributed by atoms with Crippen LogP contribution in [0.15, 0.2) is 18.2 Å². The van der Waals surface area contributed by atoms with Crippen molar-refractivity contribution >= 4 is 5.69 Å². The molecule has 1 aromatic rings. The number of benzene rings is 1. The Bertz CT molecular complexity index is 332. The van der Waals surface area contributed by atoms with Gasteiger partial charge in [0.05, 0.1) is 5.69 Å². The standard InChI is InChI=1S/C12H17FN2/c13-11-7-9(3-4-12(11)14)6-10-2-1-5-15-8-10/h3-4,7,10,15H,1-2,5-6,8,14H2. The van der Waals surface area contributed by atoms with Crippen LogP contribution in [0.1, 0.15) is 18.4 Å². The van der Waals surface area contributed by atoms with Crippen LogP contribution in [0, 0.1) is 11.7 Å². The van der Waals surface area contributed by atoms with Crippen LogP contribution in [0.25, 0.3) is 0 Å². The molecule has 3 heteroatoms. The quantitative estimate of drug-likeness (QED) is 0.729. The second kappa shape index (κ2) is 4.62. The number of nitrogens with two attached hydrogens (primary N) is 1. The molecule has 0 radical (unpaired) electrons. The average molecular weight is 208 g/mol. The third-order valence-electron chi connectivity index (χ3n) is 2.99. The lowest BCUT2D eigenvalue weighted by atomic mass is 9.92. The number of anilines is 1. The van der Waals surface area contributed by atoms with Gasteiger partial charge < -0.3 is 11.1 Å². The van der Waals surface area contributed by atoms with Gasteiger partial charge >= 0.3 is 0 Å². The molecule has 0 bridgehead atoms. The van der Waals surface area contributed by atoms with E-state index in [2.05, 4.69) is 5.32 Å². The molecule has 2 nitrogen and oxygen atoms in total. The van der Waals surface area contributed by atoms with E-state index in [0.717, 1.165) is 25.1 Å². The molecule has 82 valence electrons. The lowest BCUT2D eigenvalue weighted by Gasteiger charge is -2.22.